The Morgan fingerprint density at radius 1 is 1.30 bits per heavy atom. The van der Waals surface area contributed by atoms with E-state index in [0.717, 1.165) is 0 Å². The summed E-state index contributed by atoms with van der Waals surface area (Å²) >= 11 is 0. The van der Waals surface area contributed by atoms with Gasteiger partial charge in [-0.2, -0.15) is 0 Å². The topological polar surface area (TPSA) is 87.7 Å². The van der Waals surface area contributed by atoms with Gasteiger partial charge in [0, 0.05) is 18.5 Å². The molecule has 108 valence electrons. The minimum Gasteiger partial charge on any atom is -0.493 e. The van der Waals surface area contributed by atoms with E-state index in [1.165, 1.54) is 0 Å². The molecule has 0 fully saturated rings. The molecule has 1 aromatic carbocycles. The third-order valence-electron chi connectivity index (χ3n) is 3.25. The molecule has 6 nitrogen and oxygen atoms in total. The molecule has 0 aliphatic carbocycles. The molecule has 1 aliphatic heterocycles. The van der Waals surface area contributed by atoms with Crippen LogP contribution in [0.25, 0.3) is 0 Å². The molecule has 0 saturated carbocycles. The maximum Gasteiger partial charge on any atom is 0.309 e. The highest BCUT2D eigenvalue weighted by Crippen LogP contribution is 2.36. The number of carbonyl (C=O) groups is 2. The summed E-state index contributed by atoms with van der Waals surface area (Å²) in [5, 5.41) is 15.5. The number of nitrogens with one attached hydrogen (secondary N) is 2. The van der Waals surface area contributed by atoms with Crippen molar-refractivity contribution in [2.45, 2.75) is 18.9 Å². The van der Waals surface area contributed by atoms with Gasteiger partial charge in [0.25, 0.3) is 0 Å². The highest BCUT2D eigenvalue weighted by atomic mass is 16.5. The molecule has 0 bridgehead atoms. The fourth-order valence-electron chi connectivity index (χ4n) is 2.17. The third-order valence-corrected chi connectivity index (χ3v) is 3.25. The summed E-state index contributed by atoms with van der Waals surface area (Å²) in [6, 6.07) is 7.14. The molecule has 1 atom stereocenters. The van der Waals surface area contributed by atoms with Gasteiger partial charge in [-0.3, -0.25) is 9.59 Å². The Balaban J connectivity index is 2.06. The number of ether oxygens (including phenoxy) is 1. The molecule has 6 heteroatoms. The second-order valence-corrected chi connectivity index (χ2v) is 4.67. The Morgan fingerprint density at radius 3 is 2.75 bits per heavy atom. The second kappa shape index (κ2) is 5.92. The quantitative estimate of drug-likeness (QED) is 0.674. The minimum atomic E-state index is -1.21. The Morgan fingerprint density at radius 2 is 2.00 bits per heavy atom. The fraction of sp³-hybridized carbons (Fsp3) is 0.429. The van der Waals surface area contributed by atoms with Crippen molar-refractivity contribution in [3.63, 3.8) is 0 Å². The average Bonchev–Trinajstić information content (AvgIpc) is 2.46. The van der Waals surface area contributed by atoms with Crippen molar-refractivity contribution in [2.75, 3.05) is 19.7 Å². The number of fused-ring (bicyclic) bond motifs is 1. The molecule has 1 aromatic rings. The van der Waals surface area contributed by atoms with Gasteiger partial charge < -0.3 is 20.5 Å². The van der Waals surface area contributed by atoms with Crippen LogP contribution in [0.2, 0.25) is 0 Å². The van der Waals surface area contributed by atoms with Crippen molar-refractivity contribution in [1.82, 2.24) is 10.6 Å². The monoisotopic (exact) mass is 278 g/mol. The van der Waals surface area contributed by atoms with Crippen LogP contribution in [0.1, 0.15) is 18.9 Å². The number of hydrogen-bond donors (Lipinski definition) is 3. The maximum atomic E-state index is 11.6. The van der Waals surface area contributed by atoms with E-state index in [1.807, 2.05) is 6.07 Å². The summed E-state index contributed by atoms with van der Waals surface area (Å²) in [6.07, 6.45) is 0.361. The SMILES string of the molecule is CCNC(=O)C(=O)NCC1(O)CCOc2ccccc21. The first-order valence-electron chi connectivity index (χ1n) is 6.57. The van der Waals surface area contributed by atoms with Crippen molar-refractivity contribution in [2.24, 2.45) is 0 Å². The molecule has 0 saturated heterocycles. The Labute approximate surface area is 117 Å². The zero-order chi connectivity index (χ0) is 14.6. The lowest BCUT2D eigenvalue weighted by Gasteiger charge is -2.34. The van der Waals surface area contributed by atoms with Crippen LogP contribution in [0.3, 0.4) is 0 Å². The Bertz CT molecular complexity index is 518. The lowest BCUT2D eigenvalue weighted by atomic mass is 9.88. The maximum absolute atomic E-state index is 11.6. The molecule has 2 amide bonds. The van der Waals surface area contributed by atoms with E-state index in [9.17, 15) is 14.7 Å². The van der Waals surface area contributed by atoms with E-state index in [0.29, 0.717) is 30.9 Å². The van der Waals surface area contributed by atoms with Crippen molar-refractivity contribution < 1.29 is 19.4 Å². The summed E-state index contributed by atoms with van der Waals surface area (Å²) in [7, 11) is 0. The average molecular weight is 278 g/mol. The standard InChI is InChI=1S/C14H18N2O4/c1-2-15-12(17)13(18)16-9-14(19)7-8-20-11-6-4-3-5-10(11)14/h3-6,19H,2,7-9H2,1H3,(H,15,17)(H,16,18). The van der Waals surface area contributed by atoms with Crippen molar-refractivity contribution in [1.29, 1.82) is 0 Å². The van der Waals surface area contributed by atoms with Gasteiger partial charge in [-0.25, -0.2) is 0 Å². The number of carbonyl (C=O) groups excluding carboxylic acids is 2. The molecule has 1 unspecified atom stereocenters. The number of aliphatic hydroxyl groups is 1. The third kappa shape index (κ3) is 2.91. The number of likely N-dealkylation sites (N-methyl/N-ethyl adjacent to an activating group) is 1. The lowest BCUT2D eigenvalue weighted by molar-refractivity contribution is -0.140. The van der Waals surface area contributed by atoms with Gasteiger partial charge in [0.1, 0.15) is 11.4 Å². The molecule has 20 heavy (non-hydrogen) atoms. The molecule has 0 radical (unpaired) electrons. The number of benzene rings is 1. The first-order valence-corrected chi connectivity index (χ1v) is 6.57. The molecule has 3 N–H and O–H groups in total. The van der Waals surface area contributed by atoms with Crippen LogP contribution < -0.4 is 15.4 Å². The van der Waals surface area contributed by atoms with Crippen molar-refractivity contribution in [3.05, 3.63) is 29.8 Å². The smallest absolute Gasteiger partial charge is 0.309 e. The highest BCUT2D eigenvalue weighted by molar-refractivity contribution is 6.35. The van der Waals surface area contributed by atoms with Crippen LogP contribution in [0.5, 0.6) is 5.75 Å². The molecular weight excluding hydrogens is 260 g/mol. The number of rotatable bonds is 3. The molecule has 0 spiro atoms. The van der Waals surface area contributed by atoms with Gasteiger partial charge in [-0.05, 0) is 13.0 Å². The van der Waals surface area contributed by atoms with Crippen molar-refractivity contribution >= 4 is 11.8 Å². The predicted molar refractivity (Wildman–Crippen MR) is 72.1 cm³/mol. The predicted octanol–water partition coefficient (Wildman–Crippen LogP) is -0.0910. The highest BCUT2D eigenvalue weighted by Gasteiger charge is 2.36. The largest absolute Gasteiger partial charge is 0.493 e. The van der Waals surface area contributed by atoms with Crippen LogP contribution in [0, 0.1) is 0 Å². The van der Waals surface area contributed by atoms with Crippen LogP contribution in [-0.4, -0.2) is 36.6 Å². The van der Waals surface area contributed by atoms with E-state index in [-0.39, 0.29) is 6.54 Å². The van der Waals surface area contributed by atoms with E-state index >= 15 is 0 Å². The second-order valence-electron chi connectivity index (χ2n) is 4.67. The first kappa shape index (κ1) is 14.3. The van der Waals surface area contributed by atoms with E-state index < -0.39 is 17.4 Å². The fourth-order valence-corrected chi connectivity index (χ4v) is 2.17. The van der Waals surface area contributed by atoms with Gasteiger partial charge in [-0.15, -0.1) is 0 Å². The van der Waals surface area contributed by atoms with E-state index in [2.05, 4.69) is 10.6 Å². The van der Waals surface area contributed by atoms with E-state index in [4.69, 9.17) is 4.74 Å². The zero-order valence-corrected chi connectivity index (χ0v) is 11.3. The van der Waals surface area contributed by atoms with Crippen LogP contribution in [-0.2, 0) is 15.2 Å². The summed E-state index contributed by atoms with van der Waals surface area (Å²) in [6.45, 7) is 2.45. The minimum absolute atomic E-state index is 0.0245. The van der Waals surface area contributed by atoms with E-state index in [1.54, 1.807) is 25.1 Å². The summed E-state index contributed by atoms with van der Waals surface area (Å²) in [4.78, 5) is 22.9. The Kier molecular flexibility index (Phi) is 4.24. The van der Waals surface area contributed by atoms with Crippen molar-refractivity contribution in [3.8, 4) is 5.75 Å². The summed E-state index contributed by atoms with van der Waals surface area (Å²) in [5.74, 6) is -0.839. The molecular formula is C14H18N2O4. The van der Waals surface area contributed by atoms with Gasteiger partial charge in [0.05, 0.1) is 13.2 Å². The molecule has 1 heterocycles. The van der Waals surface area contributed by atoms with Crippen LogP contribution in [0.15, 0.2) is 24.3 Å². The normalized spacial score (nSPS) is 20.5. The van der Waals surface area contributed by atoms with Gasteiger partial charge >= 0.3 is 11.8 Å². The molecule has 0 aromatic heterocycles. The van der Waals surface area contributed by atoms with Crippen LogP contribution in [0.4, 0.5) is 0 Å². The van der Waals surface area contributed by atoms with Gasteiger partial charge in [0.15, 0.2) is 0 Å². The van der Waals surface area contributed by atoms with Gasteiger partial charge in [0.2, 0.25) is 0 Å². The molecule has 2 rings (SSSR count). The Hall–Kier alpha value is -2.08. The number of amides is 2. The first-order chi connectivity index (χ1) is 9.57. The summed E-state index contributed by atoms with van der Waals surface area (Å²) in [5.41, 5.74) is -0.584. The number of para-hydroxylation sites is 1. The summed E-state index contributed by atoms with van der Waals surface area (Å²) < 4.78 is 5.46. The lowest BCUT2D eigenvalue weighted by Crippen LogP contribution is -2.48. The van der Waals surface area contributed by atoms with Gasteiger partial charge in [-0.1, -0.05) is 18.2 Å². The van der Waals surface area contributed by atoms with Crippen LogP contribution >= 0.6 is 0 Å². The molecule has 1 aliphatic rings. The zero-order valence-electron chi connectivity index (χ0n) is 11.3. The number of hydrogen-bond acceptors (Lipinski definition) is 4.